The van der Waals surface area contributed by atoms with Crippen LogP contribution in [0.2, 0.25) is 5.02 Å². The summed E-state index contributed by atoms with van der Waals surface area (Å²) >= 11 is 7.29. The first-order chi connectivity index (χ1) is 14.8. The Morgan fingerprint density at radius 1 is 0.839 bits per heavy atom. The van der Waals surface area contributed by atoms with Crippen molar-refractivity contribution in [3.63, 3.8) is 0 Å². The summed E-state index contributed by atoms with van der Waals surface area (Å²) in [4.78, 5) is 54.3. The van der Waals surface area contributed by atoms with Crippen molar-refractivity contribution in [1.82, 2.24) is 9.80 Å². The predicted molar refractivity (Wildman–Crippen MR) is 121 cm³/mol. The Bertz CT molecular complexity index is 962. The van der Waals surface area contributed by atoms with Gasteiger partial charge in [0.05, 0.1) is 4.88 Å². The molecule has 0 unspecified atom stereocenters. The second-order valence-electron chi connectivity index (χ2n) is 7.55. The lowest BCUT2D eigenvalue weighted by molar-refractivity contribution is -0.134. The molecule has 31 heavy (non-hydrogen) atoms. The van der Waals surface area contributed by atoms with Gasteiger partial charge in [0.1, 0.15) is 5.78 Å². The Hall–Kier alpha value is -2.51. The molecular formula is C23H25ClN2O4S. The third kappa shape index (κ3) is 6.48. The molecule has 2 amide bonds. The van der Waals surface area contributed by atoms with Gasteiger partial charge in [-0.3, -0.25) is 19.2 Å². The summed E-state index contributed by atoms with van der Waals surface area (Å²) in [7, 11) is 0. The van der Waals surface area contributed by atoms with Crippen molar-refractivity contribution in [3.05, 3.63) is 56.7 Å². The monoisotopic (exact) mass is 460 g/mol. The highest BCUT2D eigenvalue weighted by molar-refractivity contribution is 7.14. The van der Waals surface area contributed by atoms with Gasteiger partial charge in [0.15, 0.2) is 5.78 Å². The lowest BCUT2D eigenvalue weighted by Crippen LogP contribution is -2.50. The zero-order valence-electron chi connectivity index (χ0n) is 17.4. The second-order valence-corrected chi connectivity index (χ2v) is 9.28. The minimum absolute atomic E-state index is 0.0285. The maximum atomic E-state index is 12.5. The van der Waals surface area contributed by atoms with E-state index in [4.69, 9.17) is 11.6 Å². The van der Waals surface area contributed by atoms with Crippen LogP contribution in [-0.2, 0) is 9.59 Å². The van der Waals surface area contributed by atoms with Crippen LogP contribution in [0.1, 0.15) is 50.6 Å². The fraction of sp³-hybridized carbons (Fsp3) is 0.391. The van der Waals surface area contributed by atoms with E-state index in [1.807, 2.05) is 13.0 Å². The van der Waals surface area contributed by atoms with E-state index >= 15 is 0 Å². The smallest absolute Gasteiger partial charge is 0.253 e. The van der Waals surface area contributed by atoms with Gasteiger partial charge in [0.25, 0.3) is 5.91 Å². The highest BCUT2D eigenvalue weighted by atomic mass is 35.5. The summed E-state index contributed by atoms with van der Waals surface area (Å²) in [5.74, 6) is -0.275. The number of nitrogens with zero attached hydrogens (tertiary/aromatic N) is 2. The molecule has 6 nitrogen and oxygen atoms in total. The van der Waals surface area contributed by atoms with Gasteiger partial charge in [0, 0.05) is 67.3 Å². The summed E-state index contributed by atoms with van der Waals surface area (Å²) in [5, 5.41) is 0.576. The molecule has 1 aromatic carbocycles. The first kappa shape index (κ1) is 23.2. The van der Waals surface area contributed by atoms with Gasteiger partial charge < -0.3 is 9.80 Å². The van der Waals surface area contributed by atoms with Crippen molar-refractivity contribution in [2.45, 2.75) is 32.6 Å². The van der Waals surface area contributed by atoms with Crippen LogP contribution in [0.5, 0.6) is 0 Å². The standard InChI is InChI=1S/C23H25ClN2O4S/c1-16-2-10-21(31-16)20(28)9-7-19(27)8-11-22(29)25-12-14-26(15-13-25)23(30)17-3-5-18(24)6-4-17/h2-6,10H,7-9,11-15H2,1H3. The Kier molecular flexibility index (Phi) is 7.98. The number of hydrogen-bond donors (Lipinski definition) is 0. The van der Waals surface area contributed by atoms with Crippen molar-refractivity contribution >= 4 is 46.3 Å². The molecule has 3 rings (SSSR count). The Balaban J connectivity index is 1.37. The SMILES string of the molecule is Cc1ccc(C(=O)CCC(=O)CCC(=O)N2CCN(C(=O)c3ccc(Cl)cc3)CC2)s1. The summed E-state index contributed by atoms with van der Waals surface area (Å²) in [6, 6.07) is 10.4. The summed E-state index contributed by atoms with van der Waals surface area (Å²) < 4.78 is 0. The number of benzene rings is 1. The van der Waals surface area contributed by atoms with Crippen LogP contribution in [0, 0.1) is 6.92 Å². The van der Waals surface area contributed by atoms with Crippen molar-refractivity contribution in [2.24, 2.45) is 0 Å². The van der Waals surface area contributed by atoms with Gasteiger partial charge in [-0.2, -0.15) is 0 Å². The third-order valence-electron chi connectivity index (χ3n) is 5.27. The molecule has 0 spiro atoms. The van der Waals surface area contributed by atoms with Crippen LogP contribution in [0.15, 0.2) is 36.4 Å². The number of ketones is 2. The van der Waals surface area contributed by atoms with Gasteiger partial charge in [-0.05, 0) is 43.3 Å². The molecule has 0 atom stereocenters. The van der Waals surface area contributed by atoms with E-state index in [9.17, 15) is 19.2 Å². The van der Waals surface area contributed by atoms with Crippen LogP contribution in [0.3, 0.4) is 0 Å². The fourth-order valence-electron chi connectivity index (χ4n) is 3.42. The summed E-state index contributed by atoms with van der Waals surface area (Å²) in [6.07, 6.45) is 0.612. The predicted octanol–water partition coefficient (Wildman–Crippen LogP) is 4.01. The topological polar surface area (TPSA) is 74.8 Å². The van der Waals surface area contributed by atoms with Crippen LogP contribution in [0.25, 0.3) is 0 Å². The average Bonchev–Trinajstić information content (AvgIpc) is 3.22. The van der Waals surface area contributed by atoms with E-state index in [2.05, 4.69) is 0 Å². The van der Waals surface area contributed by atoms with E-state index in [-0.39, 0.29) is 49.1 Å². The first-order valence-corrected chi connectivity index (χ1v) is 11.5. The number of piperazine rings is 1. The largest absolute Gasteiger partial charge is 0.339 e. The van der Waals surface area contributed by atoms with Crippen molar-refractivity contribution < 1.29 is 19.2 Å². The molecule has 1 fully saturated rings. The molecule has 8 heteroatoms. The maximum Gasteiger partial charge on any atom is 0.253 e. The highest BCUT2D eigenvalue weighted by Crippen LogP contribution is 2.18. The molecule has 0 radical (unpaired) electrons. The van der Waals surface area contributed by atoms with E-state index in [0.29, 0.717) is 41.6 Å². The van der Waals surface area contributed by atoms with Crippen molar-refractivity contribution in [2.75, 3.05) is 26.2 Å². The zero-order chi connectivity index (χ0) is 22.4. The van der Waals surface area contributed by atoms with E-state index in [1.165, 1.54) is 11.3 Å². The van der Waals surface area contributed by atoms with Gasteiger partial charge >= 0.3 is 0 Å². The number of rotatable bonds is 8. The Morgan fingerprint density at radius 3 is 2.06 bits per heavy atom. The number of amides is 2. The molecular weight excluding hydrogens is 436 g/mol. The number of Topliss-reactive ketones (excluding diaryl/α,β-unsaturated/α-hetero) is 2. The molecule has 1 aliphatic rings. The Labute approximate surface area is 190 Å². The highest BCUT2D eigenvalue weighted by Gasteiger charge is 2.25. The molecule has 1 saturated heterocycles. The van der Waals surface area contributed by atoms with Crippen LogP contribution in [0.4, 0.5) is 0 Å². The number of carbonyl (C=O) groups excluding carboxylic acids is 4. The number of hydrogen-bond acceptors (Lipinski definition) is 5. The molecule has 1 aromatic heterocycles. The first-order valence-electron chi connectivity index (χ1n) is 10.3. The fourth-order valence-corrected chi connectivity index (χ4v) is 4.38. The molecule has 2 heterocycles. The minimum atomic E-state index is -0.0906. The average molecular weight is 461 g/mol. The molecule has 0 saturated carbocycles. The number of aryl methyl sites for hydroxylation is 1. The van der Waals surface area contributed by atoms with Gasteiger partial charge in [0.2, 0.25) is 5.91 Å². The maximum absolute atomic E-state index is 12.5. The Morgan fingerprint density at radius 2 is 1.45 bits per heavy atom. The van der Waals surface area contributed by atoms with E-state index in [1.54, 1.807) is 40.1 Å². The van der Waals surface area contributed by atoms with Crippen molar-refractivity contribution in [1.29, 1.82) is 0 Å². The van der Waals surface area contributed by atoms with Crippen molar-refractivity contribution in [3.8, 4) is 0 Å². The van der Waals surface area contributed by atoms with Crippen LogP contribution < -0.4 is 0 Å². The molecule has 164 valence electrons. The third-order valence-corrected chi connectivity index (χ3v) is 6.57. The molecule has 1 aliphatic heterocycles. The van der Waals surface area contributed by atoms with E-state index < -0.39 is 0 Å². The second kappa shape index (κ2) is 10.7. The lowest BCUT2D eigenvalue weighted by atomic mass is 10.1. The van der Waals surface area contributed by atoms with Gasteiger partial charge in [-0.15, -0.1) is 11.3 Å². The minimum Gasteiger partial charge on any atom is -0.339 e. The molecule has 0 aliphatic carbocycles. The number of thiophene rings is 1. The molecule has 2 aromatic rings. The summed E-state index contributed by atoms with van der Waals surface area (Å²) in [5.41, 5.74) is 0.571. The molecule has 0 bridgehead atoms. The number of carbonyl (C=O) groups is 4. The number of halogens is 1. The van der Waals surface area contributed by atoms with Gasteiger partial charge in [-0.1, -0.05) is 11.6 Å². The van der Waals surface area contributed by atoms with Crippen LogP contribution in [-0.4, -0.2) is 59.4 Å². The van der Waals surface area contributed by atoms with E-state index in [0.717, 1.165) is 4.88 Å². The quantitative estimate of drug-likeness (QED) is 0.558. The van der Waals surface area contributed by atoms with Gasteiger partial charge in [-0.25, -0.2) is 0 Å². The zero-order valence-corrected chi connectivity index (χ0v) is 19.0. The molecule has 0 N–H and O–H groups in total. The van der Waals surface area contributed by atoms with Crippen LogP contribution >= 0.6 is 22.9 Å². The summed E-state index contributed by atoms with van der Waals surface area (Å²) in [6.45, 7) is 3.74. The normalized spacial score (nSPS) is 13.9. The lowest BCUT2D eigenvalue weighted by Gasteiger charge is -2.35.